The molecule has 0 saturated carbocycles. The number of aromatic nitrogens is 1. The van der Waals surface area contributed by atoms with Gasteiger partial charge in [0.25, 0.3) is 5.24 Å². The van der Waals surface area contributed by atoms with E-state index in [-0.39, 0.29) is 11.4 Å². The SMILES string of the molecule is O=C(Cl)c1ccc(Oc2ccc(F)c(F)c2F)nc1. The molecule has 0 saturated heterocycles. The van der Waals surface area contributed by atoms with Crippen molar-refractivity contribution in [1.82, 2.24) is 4.98 Å². The smallest absolute Gasteiger partial charge is 0.253 e. The van der Waals surface area contributed by atoms with Gasteiger partial charge in [0.1, 0.15) is 0 Å². The van der Waals surface area contributed by atoms with Crippen LogP contribution in [0.1, 0.15) is 10.4 Å². The van der Waals surface area contributed by atoms with E-state index < -0.39 is 28.4 Å². The molecule has 0 aliphatic heterocycles. The lowest BCUT2D eigenvalue weighted by Gasteiger charge is -2.06. The second kappa shape index (κ2) is 5.27. The van der Waals surface area contributed by atoms with E-state index in [9.17, 15) is 18.0 Å². The molecule has 19 heavy (non-hydrogen) atoms. The Morgan fingerprint density at radius 1 is 1.11 bits per heavy atom. The molecule has 0 unspecified atom stereocenters. The zero-order valence-electron chi connectivity index (χ0n) is 9.16. The molecule has 0 bridgehead atoms. The molecule has 0 amide bonds. The van der Waals surface area contributed by atoms with Gasteiger partial charge < -0.3 is 4.74 Å². The maximum Gasteiger partial charge on any atom is 0.253 e. The molecule has 1 heterocycles. The van der Waals surface area contributed by atoms with Gasteiger partial charge in [-0.1, -0.05) is 0 Å². The van der Waals surface area contributed by atoms with Crippen LogP contribution < -0.4 is 4.74 Å². The summed E-state index contributed by atoms with van der Waals surface area (Å²) in [6, 6.07) is 4.20. The summed E-state index contributed by atoms with van der Waals surface area (Å²) in [5, 5.41) is -0.710. The molecule has 0 fully saturated rings. The molecule has 98 valence electrons. The van der Waals surface area contributed by atoms with Crippen LogP contribution in [0, 0.1) is 17.5 Å². The summed E-state index contributed by atoms with van der Waals surface area (Å²) in [5.74, 6) is -5.02. The van der Waals surface area contributed by atoms with Gasteiger partial charge in [0, 0.05) is 12.3 Å². The standard InChI is InChI=1S/C12H5ClF3NO2/c13-12(18)6-1-4-9(17-5-6)19-8-3-2-7(14)10(15)11(8)16/h1-5H. The van der Waals surface area contributed by atoms with Crippen LogP contribution in [0.2, 0.25) is 0 Å². The summed E-state index contributed by atoms with van der Waals surface area (Å²) >= 11 is 5.21. The van der Waals surface area contributed by atoms with Gasteiger partial charge in [-0.3, -0.25) is 4.79 Å². The van der Waals surface area contributed by atoms with Gasteiger partial charge >= 0.3 is 0 Å². The minimum absolute atomic E-state index is 0.0911. The van der Waals surface area contributed by atoms with Crippen LogP contribution in [-0.4, -0.2) is 10.2 Å². The van der Waals surface area contributed by atoms with E-state index in [1.807, 2.05) is 0 Å². The highest BCUT2D eigenvalue weighted by Gasteiger charge is 2.15. The fourth-order valence-electron chi connectivity index (χ4n) is 1.26. The first-order valence-corrected chi connectivity index (χ1v) is 5.34. The molecule has 1 aromatic heterocycles. The lowest BCUT2D eigenvalue weighted by atomic mass is 10.3. The molecule has 0 aliphatic rings. The monoisotopic (exact) mass is 287 g/mol. The summed E-state index contributed by atoms with van der Waals surface area (Å²) < 4.78 is 43.9. The van der Waals surface area contributed by atoms with Crippen LogP contribution in [0.4, 0.5) is 13.2 Å². The number of carbonyl (C=O) groups is 1. The van der Waals surface area contributed by atoms with Crippen molar-refractivity contribution in [1.29, 1.82) is 0 Å². The van der Waals surface area contributed by atoms with Crippen molar-refractivity contribution in [2.24, 2.45) is 0 Å². The Kier molecular flexibility index (Phi) is 3.71. The van der Waals surface area contributed by atoms with Gasteiger partial charge in [0.2, 0.25) is 11.7 Å². The molecule has 0 N–H and O–H groups in total. The molecule has 0 spiro atoms. The van der Waals surface area contributed by atoms with E-state index in [0.29, 0.717) is 0 Å². The normalized spacial score (nSPS) is 10.3. The highest BCUT2D eigenvalue weighted by molar-refractivity contribution is 6.67. The van der Waals surface area contributed by atoms with Crippen LogP contribution in [0.3, 0.4) is 0 Å². The summed E-state index contributed by atoms with van der Waals surface area (Å²) in [5.41, 5.74) is 0.125. The largest absolute Gasteiger partial charge is 0.436 e. The van der Waals surface area contributed by atoms with E-state index in [1.165, 1.54) is 12.1 Å². The minimum Gasteiger partial charge on any atom is -0.436 e. The van der Waals surface area contributed by atoms with Crippen LogP contribution in [0.25, 0.3) is 0 Å². The average molecular weight is 288 g/mol. The van der Waals surface area contributed by atoms with Crippen molar-refractivity contribution >= 4 is 16.8 Å². The van der Waals surface area contributed by atoms with E-state index in [0.717, 1.165) is 18.3 Å². The van der Waals surface area contributed by atoms with Crippen LogP contribution >= 0.6 is 11.6 Å². The van der Waals surface area contributed by atoms with Crippen LogP contribution in [0.5, 0.6) is 11.6 Å². The fraction of sp³-hybridized carbons (Fsp3) is 0. The van der Waals surface area contributed by atoms with E-state index in [4.69, 9.17) is 16.3 Å². The van der Waals surface area contributed by atoms with Crippen LogP contribution in [0.15, 0.2) is 30.5 Å². The quantitative estimate of drug-likeness (QED) is 0.639. The molecule has 0 atom stereocenters. The molecule has 2 aromatic rings. The third-order valence-corrected chi connectivity index (χ3v) is 2.40. The second-order valence-electron chi connectivity index (χ2n) is 3.43. The fourth-order valence-corrected chi connectivity index (χ4v) is 1.37. The Morgan fingerprint density at radius 2 is 1.84 bits per heavy atom. The third kappa shape index (κ3) is 2.85. The molecule has 0 radical (unpaired) electrons. The lowest BCUT2D eigenvalue weighted by molar-refractivity contribution is 0.108. The Bertz CT molecular complexity index is 632. The molecule has 2 rings (SSSR count). The molecular weight excluding hydrogens is 283 g/mol. The topological polar surface area (TPSA) is 39.2 Å². The van der Waals surface area contributed by atoms with Crippen molar-refractivity contribution in [2.45, 2.75) is 0 Å². The number of ether oxygens (including phenoxy) is 1. The number of carbonyl (C=O) groups excluding carboxylic acids is 1. The summed E-state index contributed by atoms with van der Waals surface area (Å²) in [7, 11) is 0. The maximum absolute atomic E-state index is 13.3. The first kappa shape index (κ1) is 13.4. The van der Waals surface area contributed by atoms with Crippen molar-refractivity contribution in [3.63, 3.8) is 0 Å². The number of rotatable bonds is 3. The predicted molar refractivity (Wildman–Crippen MR) is 60.8 cm³/mol. The summed E-state index contributed by atoms with van der Waals surface area (Å²) in [4.78, 5) is 14.5. The van der Waals surface area contributed by atoms with Crippen LogP contribution in [-0.2, 0) is 0 Å². The molecular formula is C12H5ClF3NO2. The molecule has 3 nitrogen and oxygen atoms in total. The number of hydrogen-bond donors (Lipinski definition) is 0. The zero-order valence-corrected chi connectivity index (χ0v) is 9.92. The van der Waals surface area contributed by atoms with Gasteiger partial charge in [-0.15, -0.1) is 0 Å². The van der Waals surface area contributed by atoms with E-state index in [2.05, 4.69) is 4.98 Å². The average Bonchev–Trinajstić information content (AvgIpc) is 2.40. The van der Waals surface area contributed by atoms with E-state index in [1.54, 1.807) is 0 Å². The second-order valence-corrected chi connectivity index (χ2v) is 3.78. The predicted octanol–water partition coefficient (Wildman–Crippen LogP) is 3.67. The zero-order chi connectivity index (χ0) is 14.0. The van der Waals surface area contributed by atoms with Crippen molar-refractivity contribution in [2.75, 3.05) is 0 Å². The number of pyridine rings is 1. The molecule has 1 aromatic carbocycles. The Morgan fingerprint density at radius 3 is 2.42 bits per heavy atom. The maximum atomic E-state index is 13.3. The van der Waals surface area contributed by atoms with Gasteiger partial charge in [-0.2, -0.15) is 4.39 Å². The van der Waals surface area contributed by atoms with Gasteiger partial charge in [0.15, 0.2) is 17.4 Å². The van der Waals surface area contributed by atoms with E-state index >= 15 is 0 Å². The minimum atomic E-state index is -1.63. The highest BCUT2D eigenvalue weighted by atomic mass is 35.5. The van der Waals surface area contributed by atoms with Crippen molar-refractivity contribution in [3.05, 3.63) is 53.5 Å². The first-order valence-electron chi connectivity index (χ1n) is 4.96. The molecule has 7 heteroatoms. The lowest BCUT2D eigenvalue weighted by Crippen LogP contribution is -1.97. The summed E-state index contributed by atoms with van der Waals surface area (Å²) in [6.07, 6.45) is 1.11. The number of nitrogens with zero attached hydrogens (tertiary/aromatic N) is 1. The van der Waals surface area contributed by atoms with Gasteiger partial charge in [0.05, 0.1) is 5.56 Å². The molecule has 0 aliphatic carbocycles. The third-order valence-electron chi connectivity index (χ3n) is 2.18. The Labute approximate surface area is 110 Å². The first-order chi connectivity index (χ1) is 8.99. The summed E-state index contributed by atoms with van der Waals surface area (Å²) in [6.45, 7) is 0. The van der Waals surface area contributed by atoms with Crippen molar-refractivity contribution < 1.29 is 22.7 Å². The number of hydrogen-bond acceptors (Lipinski definition) is 3. The van der Waals surface area contributed by atoms with Gasteiger partial charge in [-0.05, 0) is 29.8 Å². The number of halogens is 4. The highest BCUT2D eigenvalue weighted by Crippen LogP contribution is 2.26. The Hall–Kier alpha value is -2.08. The van der Waals surface area contributed by atoms with Gasteiger partial charge in [-0.25, -0.2) is 13.8 Å². The Balaban J connectivity index is 2.26. The van der Waals surface area contributed by atoms with Crippen molar-refractivity contribution in [3.8, 4) is 11.6 Å². The number of benzene rings is 1.